The summed E-state index contributed by atoms with van der Waals surface area (Å²) >= 11 is 0. The lowest BCUT2D eigenvalue weighted by atomic mass is 9.47. The molecule has 0 amide bonds. The Labute approximate surface area is 148 Å². The van der Waals surface area contributed by atoms with Gasteiger partial charge in [0, 0.05) is 5.54 Å². The van der Waals surface area contributed by atoms with E-state index in [0.29, 0.717) is 24.7 Å². The lowest BCUT2D eigenvalue weighted by molar-refractivity contribution is -0.180. The molecule has 2 unspecified atom stereocenters. The van der Waals surface area contributed by atoms with Gasteiger partial charge < -0.3 is 16.2 Å². The molecule has 4 N–H and O–H groups in total. The SMILES string of the molecule is N[C@@H](Cc1ccccc1)C(=O)OC(=O)C12CC3CC(CC(N)(C3)C1)C2. The summed E-state index contributed by atoms with van der Waals surface area (Å²) < 4.78 is 5.26. The Morgan fingerprint density at radius 2 is 1.76 bits per heavy atom. The Kier molecular flexibility index (Phi) is 3.96. The molecule has 134 valence electrons. The van der Waals surface area contributed by atoms with E-state index in [0.717, 1.165) is 37.7 Å². The molecule has 25 heavy (non-hydrogen) atoms. The average molecular weight is 342 g/mol. The van der Waals surface area contributed by atoms with Crippen molar-refractivity contribution in [2.45, 2.75) is 56.5 Å². The van der Waals surface area contributed by atoms with E-state index < -0.39 is 23.4 Å². The van der Waals surface area contributed by atoms with Crippen LogP contribution in [0, 0.1) is 17.3 Å². The first-order valence-corrected chi connectivity index (χ1v) is 9.22. The van der Waals surface area contributed by atoms with Crippen LogP contribution >= 0.6 is 0 Å². The minimum absolute atomic E-state index is 0.252. The van der Waals surface area contributed by atoms with Crippen molar-refractivity contribution >= 4 is 11.9 Å². The van der Waals surface area contributed by atoms with Crippen molar-refractivity contribution in [3.63, 3.8) is 0 Å². The summed E-state index contributed by atoms with van der Waals surface area (Å²) in [5.41, 5.74) is 12.6. The van der Waals surface area contributed by atoms with Gasteiger partial charge in [0.1, 0.15) is 6.04 Å². The van der Waals surface area contributed by atoms with Crippen LogP contribution in [0.2, 0.25) is 0 Å². The quantitative estimate of drug-likeness (QED) is 0.644. The summed E-state index contributed by atoms with van der Waals surface area (Å²) in [6.07, 6.45) is 5.79. The van der Waals surface area contributed by atoms with Gasteiger partial charge in [0.25, 0.3) is 0 Å². The Morgan fingerprint density at radius 1 is 1.12 bits per heavy atom. The number of hydrogen-bond donors (Lipinski definition) is 2. The van der Waals surface area contributed by atoms with Crippen LogP contribution in [-0.2, 0) is 20.7 Å². The Morgan fingerprint density at radius 3 is 2.36 bits per heavy atom. The molecule has 0 radical (unpaired) electrons. The normalized spacial score (nSPS) is 36.9. The smallest absolute Gasteiger partial charge is 0.330 e. The molecule has 4 fully saturated rings. The molecule has 1 aromatic carbocycles. The third-order valence-electron chi connectivity index (χ3n) is 6.33. The van der Waals surface area contributed by atoms with Crippen LogP contribution in [0.3, 0.4) is 0 Å². The second kappa shape index (κ2) is 5.92. The second-order valence-corrected chi connectivity index (χ2v) is 8.61. The van der Waals surface area contributed by atoms with Gasteiger partial charge in [-0.15, -0.1) is 0 Å². The summed E-state index contributed by atoms with van der Waals surface area (Å²) in [4.78, 5) is 25.2. The summed E-state index contributed by atoms with van der Waals surface area (Å²) in [5, 5.41) is 0. The predicted octanol–water partition coefficient (Wildman–Crippen LogP) is 1.92. The van der Waals surface area contributed by atoms with E-state index in [1.807, 2.05) is 30.3 Å². The zero-order valence-corrected chi connectivity index (χ0v) is 14.4. The number of carbonyl (C=O) groups excluding carboxylic acids is 2. The molecule has 4 aliphatic rings. The van der Waals surface area contributed by atoms with Crippen LogP contribution in [0.5, 0.6) is 0 Å². The number of benzene rings is 1. The molecule has 5 heteroatoms. The summed E-state index contributed by atoms with van der Waals surface area (Å²) in [5.74, 6) is -0.0422. The highest BCUT2D eigenvalue weighted by Gasteiger charge is 2.60. The van der Waals surface area contributed by atoms with Gasteiger partial charge in [0.05, 0.1) is 5.41 Å². The van der Waals surface area contributed by atoms with E-state index in [-0.39, 0.29) is 5.54 Å². The van der Waals surface area contributed by atoms with Crippen LogP contribution in [0.1, 0.15) is 44.1 Å². The third kappa shape index (κ3) is 3.11. The first-order valence-electron chi connectivity index (χ1n) is 9.22. The predicted molar refractivity (Wildman–Crippen MR) is 93.3 cm³/mol. The number of esters is 2. The standard InChI is InChI=1S/C20H26N2O3/c21-16(7-13-4-2-1-3-5-13)17(23)25-18(24)19-8-14-6-15(9-19)11-20(22,10-14)12-19/h1-5,14-16H,6-12,21-22H2/t14?,15?,16-,19?,20?/m0/s1. The van der Waals surface area contributed by atoms with E-state index in [2.05, 4.69) is 0 Å². The van der Waals surface area contributed by atoms with Crippen LogP contribution in [0.4, 0.5) is 0 Å². The second-order valence-electron chi connectivity index (χ2n) is 8.61. The van der Waals surface area contributed by atoms with Crippen LogP contribution in [0.15, 0.2) is 30.3 Å². The van der Waals surface area contributed by atoms with Gasteiger partial charge in [0.2, 0.25) is 0 Å². The van der Waals surface area contributed by atoms with Crippen molar-refractivity contribution in [1.82, 2.24) is 0 Å². The van der Waals surface area contributed by atoms with E-state index in [9.17, 15) is 9.59 Å². The molecule has 5 rings (SSSR count). The van der Waals surface area contributed by atoms with Gasteiger partial charge in [-0.2, -0.15) is 0 Å². The van der Waals surface area contributed by atoms with Gasteiger partial charge in [0.15, 0.2) is 0 Å². The number of nitrogens with two attached hydrogens (primary N) is 2. The Bertz CT molecular complexity index is 673. The highest BCUT2D eigenvalue weighted by molar-refractivity contribution is 5.91. The summed E-state index contributed by atoms with van der Waals surface area (Å²) in [7, 11) is 0. The summed E-state index contributed by atoms with van der Waals surface area (Å²) in [6.45, 7) is 0. The number of carbonyl (C=O) groups is 2. The molecule has 4 saturated carbocycles. The van der Waals surface area contributed by atoms with Gasteiger partial charge in [-0.1, -0.05) is 30.3 Å². The Balaban J connectivity index is 1.42. The topological polar surface area (TPSA) is 95.4 Å². The zero-order valence-electron chi connectivity index (χ0n) is 14.4. The third-order valence-corrected chi connectivity index (χ3v) is 6.33. The molecule has 1 aromatic rings. The molecule has 4 bridgehead atoms. The first kappa shape index (κ1) is 16.7. The monoisotopic (exact) mass is 342 g/mol. The molecule has 3 atom stereocenters. The van der Waals surface area contributed by atoms with E-state index in [4.69, 9.17) is 16.2 Å². The number of ether oxygens (including phenoxy) is 1. The number of rotatable bonds is 4. The van der Waals surface area contributed by atoms with Gasteiger partial charge in [-0.05, 0) is 62.3 Å². The largest absolute Gasteiger partial charge is 0.392 e. The van der Waals surface area contributed by atoms with Crippen molar-refractivity contribution in [1.29, 1.82) is 0 Å². The van der Waals surface area contributed by atoms with Crippen LogP contribution in [-0.4, -0.2) is 23.5 Å². The molecular formula is C20H26N2O3. The lowest BCUT2D eigenvalue weighted by Gasteiger charge is -2.59. The van der Waals surface area contributed by atoms with E-state index in [1.165, 1.54) is 0 Å². The maximum atomic E-state index is 12.9. The van der Waals surface area contributed by atoms with Crippen molar-refractivity contribution in [2.75, 3.05) is 0 Å². The molecule has 5 nitrogen and oxygen atoms in total. The maximum absolute atomic E-state index is 12.9. The average Bonchev–Trinajstić information content (AvgIpc) is 2.53. The Hall–Kier alpha value is -1.72. The van der Waals surface area contributed by atoms with Gasteiger partial charge in [-0.3, -0.25) is 4.79 Å². The molecule has 0 saturated heterocycles. The first-order chi connectivity index (χ1) is 11.9. The fraction of sp³-hybridized carbons (Fsp3) is 0.600. The molecule has 0 spiro atoms. The van der Waals surface area contributed by atoms with Gasteiger partial charge >= 0.3 is 11.9 Å². The van der Waals surface area contributed by atoms with E-state index in [1.54, 1.807) is 0 Å². The maximum Gasteiger partial charge on any atom is 0.330 e. The van der Waals surface area contributed by atoms with Crippen LogP contribution < -0.4 is 11.5 Å². The molecule has 0 aromatic heterocycles. The molecule has 0 aliphatic heterocycles. The minimum atomic E-state index is -0.827. The van der Waals surface area contributed by atoms with Gasteiger partial charge in [-0.25, -0.2) is 4.79 Å². The van der Waals surface area contributed by atoms with Crippen molar-refractivity contribution in [2.24, 2.45) is 28.7 Å². The highest BCUT2D eigenvalue weighted by Crippen LogP contribution is 2.61. The van der Waals surface area contributed by atoms with Crippen molar-refractivity contribution in [3.05, 3.63) is 35.9 Å². The number of hydrogen-bond acceptors (Lipinski definition) is 5. The fourth-order valence-corrected chi connectivity index (χ4v) is 5.80. The van der Waals surface area contributed by atoms with Crippen molar-refractivity contribution in [3.8, 4) is 0 Å². The molecular weight excluding hydrogens is 316 g/mol. The summed E-state index contributed by atoms with van der Waals surface area (Å²) in [6, 6.07) is 8.70. The highest BCUT2D eigenvalue weighted by atomic mass is 16.6. The fourth-order valence-electron chi connectivity index (χ4n) is 5.80. The van der Waals surface area contributed by atoms with E-state index >= 15 is 0 Å². The van der Waals surface area contributed by atoms with Crippen LogP contribution in [0.25, 0.3) is 0 Å². The zero-order chi connectivity index (χ0) is 17.7. The minimum Gasteiger partial charge on any atom is -0.392 e. The molecule has 4 aliphatic carbocycles. The molecule has 0 heterocycles. The van der Waals surface area contributed by atoms with Crippen molar-refractivity contribution < 1.29 is 14.3 Å². The lowest BCUT2D eigenvalue weighted by Crippen LogP contribution is -2.62.